The molecule has 0 aromatic heterocycles. The van der Waals surface area contributed by atoms with Crippen molar-refractivity contribution in [2.24, 2.45) is 0 Å². The summed E-state index contributed by atoms with van der Waals surface area (Å²) in [5.41, 5.74) is -0.409. The summed E-state index contributed by atoms with van der Waals surface area (Å²) in [6, 6.07) is 8.96. The second-order valence-corrected chi connectivity index (χ2v) is 4.20. The minimum Gasteiger partial charge on any atom is -0.288 e. The second-order valence-electron chi connectivity index (χ2n) is 3.76. The third-order valence-corrected chi connectivity index (χ3v) is 2.73. The van der Waals surface area contributed by atoms with Gasteiger partial charge in [0.25, 0.3) is 5.69 Å². The van der Waals surface area contributed by atoms with Crippen molar-refractivity contribution >= 4 is 23.1 Å². The molecular formula is C13H7ClFNO3. The minimum absolute atomic E-state index is 0.222. The highest BCUT2D eigenvalue weighted by atomic mass is 35.5. The van der Waals surface area contributed by atoms with E-state index in [4.69, 9.17) is 11.6 Å². The molecule has 0 atom stereocenters. The van der Waals surface area contributed by atoms with Gasteiger partial charge in [0.1, 0.15) is 5.82 Å². The van der Waals surface area contributed by atoms with Gasteiger partial charge in [-0.3, -0.25) is 14.9 Å². The fourth-order valence-corrected chi connectivity index (χ4v) is 1.78. The van der Waals surface area contributed by atoms with Gasteiger partial charge < -0.3 is 0 Å². The number of halogens is 2. The molecule has 0 saturated carbocycles. The third kappa shape index (κ3) is 2.77. The first-order valence-corrected chi connectivity index (χ1v) is 5.61. The molecule has 0 radical (unpaired) electrons. The maximum atomic E-state index is 13.7. The van der Waals surface area contributed by atoms with Crippen LogP contribution in [-0.2, 0) is 0 Å². The third-order valence-electron chi connectivity index (χ3n) is 2.49. The summed E-state index contributed by atoms with van der Waals surface area (Å²) in [5.74, 6) is -1.51. The molecule has 2 rings (SSSR count). The van der Waals surface area contributed by atoms with E-state index in [0.717, 1.165) is 18.2 Å². The van der Waals surface area contributed by atoms with Crippen LogP contribution in [0, 0.1) is 15.9 Å². The van der Waals surface area contributed by atoms with Crippen LogP contribution in [0.1, 0.15) is 15.9 Å². The lowest BCUT2D eigenvalue weighted by atomic mass is 10.0. The Morgan fingerprint density at radius 3 is 2.53 bits per heavy atom. The Balaban J connectivity index is 2.42. The van der Waals surface area contributed by atoms with Gasteiger partial charge in [0.15, 0.2) is 5.78 Å². The molecule has 96 valence electrons. The van der Waals surface area contributed by atoms with Crippen LogP contribution in [0.25, 0.3) is 0 Å². The fourth-order valence-electron chi connectivity index (χ4n) is 1.59. The van der Waals surface area contributed by atoms with Crippen LogP contribution in [0.2, 0.25) is 5.02 Å². The zero-order valence-electron chi connectivity index (χ0n) is 9.47. The zero-order valence-corrected chi connectivity index (χ0v) is 10.2. The van der Waals surface area contributed by atoms with Crippen LogP contribution in [0.15, 0.2) is 42.5 Å². The Kier molecular flexibility index (Phi) is 3.57. The Morgan fingerprint density at radius 2 is 1.95 bits per heavy atom. The van der Waals surface area contributed by atoms with Gasteiger partial charge in [-0.05, 0) is 18.2 Å². The first-order valence-electron chi connectivity index (χ1n) is 5.23. The summed E-state index contributed by atoms with van der Waals surface area (Å²) in [6.07, 6.45) is 0. The van der Waals surface area contributed by atoms with Crippen molar-refractivity contribution in [3.8, 4) is 0 Å². The van der Waals surface area contributed by atoms with E-state index in [1.54, 1.807) is 12.1 Å². The lowest BCUT2D eigenvalue weighted by Gasteiger charge is -2.03. The molecule has 0 spiro atoms. The Hall–Kier alpha value is -2.27. The highest BCUT2D eigenvalue weighted by molar-refractivity contribution is 6.31. The molecule has 0 saturated heterocycles. The summed E-state index contributed by atoms with van der Waals surface area (Å²) >= 11 is 5.75. The number of non-ortho nitro benzene ring substituents is 1. The van der Waals surface area contributed by atoms with Gasteiger partial charge in [0.2, 0.25) is 0 Å². The van der Waals surface area contributed by atoms with Gasteiger partial charge in [0, 0.05) is 16.7 Å². The number of carbonyl (C=O) groups excluding carboxylic acids is 1. The topological polar surface area (TPSA) is 60.2 Å². The molecule has 19 heavy (non-hydrogen) atoms. The highest BCUT2D eigenvalue weighted by Gasteiger charge is 2.17. The summed E-state index contributed by atoms with van der Waals surface area (Å²) in [7, 11) is 0. The van der Waals surface area contributed by atoms with Crippen LogP contribution in [0.3, 0.4) is 0 Å². The van der Waals surface area contributed by atoms with Crippen molar-refractivity contribution < 1.29 is 14.1 Å². The van der Waals surface area contributed by atoms with Gasteiger partial charge in [-0.2, -0.15) is 0 Å². The summed E-state index contributed by atoms with van der Waals surface area (Å²) in [4.78, 5) is 21.8. The standard InChI is InChI=1S/C13H7ClFNO3/c14-9-3-1-2-8(6-9)13(17)11-5-4-10(16(18)19)7-12(11)15/h1-7H. The van der Waals surface area contributed by atoms with Crippen LogP contribution in [-0.4, -0.2) is 10.7 Å². The number of hydrogen-bond acceptors (Lipinski definition) is 3. The van der Waals surface area contributed by atoms with Crippen LogP contribution in [0.5, 0.6) is 0 Å². The van der Waals surface area contributed by atoms with Crippen molar-refractivity contribution in [3.63, 3.8) is 0 Å². The number of nitrogens with zero attached hydrogens (tertiary/aromatic N) is 1. The molecule has 0 unspecified atom stereocenters. The molecule has 0 bridgehead atoms. The van der Waals surface area contributed by atoms with E-state index in [2.05, 4.69) is 0 Å². The molecule has 6 heteroatoms. The Morgan fingerprint density at radius 1 is 1.21 bits per heavy atom. The maximum absolute atomic E-state index is 13.7. The van der Waals surface area contributed by atoms with E-state index in [1.165, 1.54) is 12.1 Å². The number of nitro groups is 1. The molecule has 0 amide bonds. The monoisotopic (exact) mass is 279 g/mol. The van der Waals surface area contributed by atoms with Gasteiger partial charge in [-0.1, -0.05) is 23.7 Å². The molecule has 2 aromatic carbocycles. The molecule has 2 aromatic rings. The zero-order chi connectivity index (χ0) is 14.0. The molecule has 0 heterocycles. The predicted octanol–water partition coefficient (Wildman–Crippen LogP) is 3.62. The predicted molar refractivity (Wildman–Crippen MR) is 67.9 cm³/mol. The van der Waals surface area contributed by atoms with E-state index in [0.29, 0.717) is 5.02 Å². The molecule has 0 fully saturated rings. The number of rotatable bonds is 3. The van der Waals surface area contributed by atoms with Crippen LogP contribution in [0.4, 0.5) is 10.1 Å². The largest absolute Gasteiger partial charge is 0.288 e. The van der Waals surface area contributed by atoms with E-state index >= 15 is 0 Å². The van der Waals surface area contributed by atoms with Gasteiger partial charge in [-0.25, -0.2) is 4.39 Å². The van der Waals surface area contributed by atoms with E-state index in [9.17, 15) is 19.3 Å². The fraction of sp³-hybridized carbons (Fsp3) is 0. The number of hydrogen-bond donors (Lipinski definition) is 0. The van der Waals surface area contributed by atoms with Gasteiger partial charge >= 0.3 is 0 Å². The second kappa shape index (κ2) is 5.16. The maximum Gasteiger partial charge on any atom is 0.272 e. The summed E-state index contributed by atoms with van der Waals surface area (Å²) < 4.78 is 13.7. The lowest BCUT2D eigenvalue weighted by molar-refractivity contribution is -0.385. The number of benzene rings is 2. The van der Waals surface area contributed by atoms with Crippen molar-refractivity contribution in [3.05, 3.63) is 74.5 Å². The smallest absolute Gasteiger partial charge is 0.272 e. The molecule has 0 N–H and O–H groups in total. The average molecular weight is 280 g/mol. The van der Waals surface area contributed by atoms with E-state index < -0.39 is 22.2 Å². The van der Waals surface area contributed by atoms with Crippen LogP contribution < -0.4 is 0 Å². The summed E-state index contributed by atoms with van der Waals surface area (Å²) in [5, 5.41) is 10.8. The molecular weight excluding hydrogens is 273 g/mol. The van der Waals surface area contributed by atoms with E-state index in [1.807, 2.05) is 0 Å². The highest BCUT2D eigenvalue weighted by Crippen LogP contribution is 2.20. The Bertz CT molecular complexity index is 673. The summed E-state index contributed by atoms with van der Waals surface area (Å²) in [6.45, 7) is 0. The van der Waals surface area contributed by atoms with Crippen molar-refractivity contribution in [1.29, 1.82) is 0 Å². The number of ketones is 1. The number of nitro benzene ring substituents is 1. The van der Waals surface area contributed by atoms with Crippen molar-refractivity contribution in [1.82, 2.24) is 0 Å². The van der Waals surface area contributed by atoms with Crippen molar-refractivity contribution in [2.75, 3.05) is 0 Å². The lowest BCUT2D eigenvalue weighted by Crippen LogP contribution is -2.04. The quantitative estimate of drug-likeness (QED) is 0.490. The van der Waals surface area contributed by atoms with Crippen LogP contribution >= 0.6 is 11.6 Å². The molecule has 4 nitrogen and oxygen atoms in total. The minimum atomic E-state index is -0.931. The van der Waals surface area contributed by atoms with Crippen molar-refractivity contribution in [2.45, 2.75) is 0 Å². The Labute approximate surface area is 112 Å². The molecule has 0 aliphatic rings. The average Bonchev–Trinajstić information content (AvgIpc) is 2.37. The SMILES string of the molecule is O=C(c1cccc(Cl)c1)c1ccc([N+](=O)[O-])cc1F. The molecule has 0 aliphatic heterocycles. The molecule has 0 aliphatic carbocycles. The normalized spacial score (nSPS) is 10.2. The first kappa shape index (κ1) is 13.2. The van der Waals surface area contributed by atoms with Gasteiger partial charge in [-0.15, -0.1) is 0 Å². The number of carbonyl (C=O) groups is 1. The van der Waals surface area contributed by atoms with Gasteiger partial charge in [0.05, 0.1) is 16.6 Å². The first-order chi connectivity index (χ1) is 8.99. The van der Waals surface area contributed by atoms with E-state index in [-0.39, 0.29) is 11.1 Å².